The summed E-state index contributed by atoms with van der Waals surface area (Å²) in [5.41, 5.74) is 3.16. The first-order valence-corrected chi connectivity index (χ1v) is 11.8. The van der Waals surface area contributed by atoms with E-state index >= 15 is 0 Å². The molecule has 4 rings (SSSR count). The van der Waals surface area contributed by atoms with E-state index in [1.54, 1.807) is 11.8 Å². The molecule has 1 aromatic heterocycles. The van der Waals surface area contributed by atoms with E-state index in [4.69, 9.17) is 0 Å². The van der Waals surface area contributed by atoms with Gasteiger partial charge in [-0.2, -0.15) is 0 Å². The molecule has 2 heterocycles. The molecule has 1 atom stereocenters. The van der Waals surface area contributed by atoms with Crippen LogP contribution in [-0.2, 0) is 0 Å². The minimum Gasteiger partial charge on any atom is -0.370 e. The number of amides is 1. The van der Waals surface area contributed by atoms with E-state index < -0.39 is 0 Å². The summed E-state index contributed by atoms with van der Waals surface area (Å²) in [6, 6.07) is 21.0. The van der Waals surface area contributed by atoms with Crippen molar-refractivity contribution in [2.45, 2.75) is 17.4 Å². The Morgan fingerprint density at radius 3 is 2.48 bits per heavy atom. The number of nitrogens with one attached hydrogen (secondary N) is 2. The van der Waals surface area contributed by atoms with E-state index in [1.807, 2.05) is 31.3 Å². The van der Waals surface area contributed by atoms with Gasteiger partial charge in [-0.25, -0.2) is 0 Å². The van der Waals surface area contributed by atoms with Gasteiger partial charge in [0.2, 0.25) is 0 Å². The van der Waals surface area contributed by atoms with Gasteiger partial charge < -0.3 is 15.5 Å². The van der Waals surface area contributed by atoms with Crippen LogP contribution in [0.2, 0.25) is 0 Å². The Morgan fingerprint density at radius 2 is 1.83 bits per heavy atom. The van der Waals surface area contributed by atoms with Crippen molar-refractivity contribution >= 4 is 40.4 Å². The number of carbonyl (C=O) groups excluding carboxylic acids is 1. The van der Waals surface area contributed by atoms with Crippen molar-refractivity contribution in [2.75, 3.05) is 36.6 Å². The minimum absolute atomic E-state index is 0.0637. The van der Waals surface area contributed by atoms with E-state index in [-0.39, 0.29) is 5.91 Å². The third-order valence-electron chi connectivity index (χ3n) is 5.29. The Balaban J connectivity index is 1.40. The summed E-state index contributed by atoms with van der Waals surface area (Å²) >= 11 is 3.25. The molecular weight excluding hydrogens is 398 g/mol. The molecule has 1 fully saturated rings. The van der Waals surface area contributed by atoms with Crippen LogP contribution < -0.4 is 15.5 Å². The Labute approximate surface area is 180 Å². The summed E-state index contributed by atoms with van der Waals surface area (Å²) in [4.78, 5) is 18.1. The van der Waals surface area contributed by atoms with Gasteiger partial charge in [0, 0.05) is 40.3 Å². The fourth-order valence-electron chi connectivity index (χ4n) is 3.55. The van der Waals surface area contributed by atoms with Crippen molar-refractivity contribution in [3.05, 3.63) is 65.5 Å². The zero-order chi connectivity index (χ0) is 20.2. The molecule has 29 heavy (non-hydrogen) atoms. The molecule has 1 aliphatic heterocycles. The van der Waals surface area contributed by atoms with Crippen LogP contribution in [0, 0.1) is 0 Å². The van der Waals surface area contributed by atoms with Crippen molar-refractivity contribution in [3.8, 4) is 10.4 Å². The fourth-order valence-corrected chi connectivity index (χ4v) is 4.86. The second-order valence-electron chi connectivity index (χ2n) is 7.11. The van der Waals surface area contributed by atoms with Crippen LogP contribution in [0.15, 0.2) is 65.6 Å². The Kier molecular flexibility index (Phi) is 6.23. The molecule has 1 unspecified atom stereocenters. The van der Waals surface area contributed by atoms with Gasteiger partial charge in [-0.1, -0.05) is 12.1 Å². The number of likely N-dealkylation sites (N-methyl/N-ethyl adjacent to an activating group) is 1. The smallest absolute Gasteiger partial charge is 0.265 e. The molecule has 0 saturated carbocycles. The summed E-state index contributed by atoms with van der Waals surface area (Å²) in [6.45, 7) is 2.09. The van der Waals surface area contributed by atoms with E-state index in [1.165, 1.54) is 21.9 Å². The zero-order valence-electron chi connectivity index (χ0n) is 16.6. The maximum absolute atomic E-state index is 12.7. The molecule has 6 heteroatoms. The van der Waals surface area contributed by atoms with Gasteiger partial charge in [0.15, 0.2) is 0 Å². The van der Waals surface area contributed by atoms with Crippen LogP contribution in [0.5, 0.6) is 0 Å². The van der Waals surface area contributed by atoms with Crippen LogP contribution in [0.1, 0.15) is 16.1 Å². The topological polar surface area (TPSA) is 44.4 Å². The predicted molar refractivity (Wildman–Crippen MR) is 126 cm³/mol. The van der Waals surface area contributed by atoms with Crippen LogP contribution in [0.25, 0.3) is 10.4 Å². The second-order valence-corrected chi connectivity index (χ2v) is 9.08. The maximum atomic E-state index is 12.7. The number of rotatable bonds is 6. The van der Waals surface area contributed by atoms with Gasteiger partial charge in [-0.15, -0.1) is 23.1 Å². The Hall–Kier alpha value is -2.28. The van der Waals surface area contributed by atoms with Crippen LogP contribution in [0.3, 0.4) is 0 Å². The number of benzene rings is 2. The zero-order valence-corrected chi connectivity index (χ0v) is 18.3. The summed E-state index contributed by atoms with van der Waals surface area (Å²) in [6.07, 6.45) is 3.23. The highest BCUT2D eigenvalue weighted by Gasteiger charge is 2.21. The van der Waals surface area contributed by atoms with Crippen molar-refractivity contribution < 1.29 is 4.79 Å². The number of hydrogen-bond donors (Lipinski definition) is 2. The third-order valence-corrected chi connectivity index (χ3v) is 7.17. The lowest BCUT2D eigenvalue weighted by Gasteiger charge is -2.19. The average Bonchev–Trinajstić information content (AvgIpc) is 3.44. The van der Waals surface area contributed by atoms with E-state index in [2.05, 4.69) is 58.2 Å². The normalized spacial score (nSPS) is 16.2. The Bertz CT molecular complexity index is 967. The lowest BCUT2D eigenvalue weighted by molar-refractivity contribution is 0.103. The second kappa shape index (κ2) is 9.03. The molecule has 0 spiro atoms. The molecule has 0 aliphatic carbocycles. The van der Waals surface area contributed by atoms with E-state index in [0.29, 0.717) is 6.04 Å². The first kappa shape index (κ1) is 20.0. The molecule has 1 aliphatic rings. The lowest BCUT2D eigenvalue weighted by Crippen LogP contribution is -2.29. The summed E-state index contributed by atoms with van der Waals surface area (Å²) in [7, 11) is 2.02. The fraction of sp³-hybridized carbons (Fsp3) is 0.261. The van der Waals surface area contributed by atoms with Gasteiger partial charge in [0.05, 0.1) is 4.88 Å². The number of carbonyl (C=O) groups is 1. The average molecular weight is 424 g/mol. The molecule has 1 saturated heterocycles. The standard InChI is InChI=1S/C23H25N3OS2/c1-24-18-13-14-26(15-18)19-7-5-17(6-8-19)25-23(27)22-12-11-21(29-22)16-3-9-20(28-2)10-4-16/h3-12,18,24H,13-15H2,1-2H3,(H,25,27). The molecule has 4 nitrogen and oxygen atoms in total. The van der Waals surface area contributed by atoms with Gasteiger partial charge in [-0.3, -0.25) is 4.79 Å². The highest BCUT2D eigenvalue weighted by atomic mass is 32.2. The summed E-state index contributed by atoms with van der Waals surface area (Å²) < 4.78 is 0. The first-order valence-electron chi connectivity index (χ1n) is 9.74. The quantitative estimate of drug-likeness (QED) is 0.536. The lowest BCUT2D eigenvalue weighted by atomic mass is 10.2. The first-order chi connectivity index (χ1) is 14.2. The van der Waals surface area contributed by atoms with E-state index in [0.717, 1.165) is 40.5 Å². The number of nitrogens with zero attached hydrogens (tertiary/aromatic N) is 1. The molecular formula is C23H25N3OS2. The number of thiophene rings is 1. The van der Waals surface area contributed by atoms with E-state index in [9.17, 15) is 4.79 Å². The monoisotopic (exact) mass is 423 g/mol. The van der Waals surface area contributed by atoms with Crippen LogP contribution in [-0.4, -0.2) is 38.3 Å². The molecule has 0 radical (unpaired) electrons. The molecule has 0 bridgehead atoms. The maximum Gasteiger partial charge on any atom is 0.265 e. The largest absolute Gasteiger partial charge is 0.370 e. The van der Waals surface area contributed by atoms with Crippen molar-refractivity contribution in [3.63, 3.8) is 0 Å². The van der Waals surface area contributed by atoms with Gasteiger partial charge in [0.1, 0.15) is 0 Å². The van der Waals surface area contributed by atoms with Gasteiger partial charge in [0.25, 0.3) is 5.91 Å². The SMILES string of the molecule is CNC1CCN(c2ccc(NC(=O)c3ccc(-c4ccc(SC)cc4)s3)cc2)C1. The molecule has 2 aromatic carbocycles. The predicted octanol–water partition coefficient (Wildman–Crippen LogP) is 5.19. The van der Waals surface area contributed by atoms with Crippen LogP contribution >= 0.6 is 23.1 Å². The molecule has 1 amide bonds. The van der Waals surface area contributed by atoms with Crippen LogP contribution in [0.4, 0.5) is 11.4 Å². The Morgan fingerprint density at radius 1 is 1.07 bits per heavy atom. The van der Waals surface area contributed by atoms with Gasteiger partial charge in [-0.05, 0) is 73.8 Å². The molecule has 150 valence electrons. The number of hydrogen-bond acceptors (Lipinski definition) is 5. The van der Waals surface area contributed by atoms with Crippen molar-refractivity contribution in [1.29, 1.82) is 0 Å². The number of anilines is 2. The van der Waals surface area contributed by atoms with Crippen molar-refractivity contribution in [1.82, 2.24) is 5.32 Å². The van der Waals surface area contributed by atoms with Gasteiger partial charge >= 0.3 is 0 Å². The number of thioether (sulfide) groups is 1. The minimum atomic E-state index is -0.0637. The summed E-state index contributed by atoms with van der Waals surface area (Å²) in [5.74, 6) is -0.0637. The highest BCUT2D eigenvalue weighted by Crippen LogP contribution is 2.30. The van der Waals surface area contributed by atoms with Crippen molar-refractivity contribution in [2.24, 2.45) is 0 Å². The third kappa shape index (κ3) is 4.66. The summed E-state index contributed by atoms with van der Waals surface area (Å²) in [5, 5.41) is 6.36. The highest BCUT2D eigenvalue weighted by molar-refractivity contribution is 7.98. The molecule has 3 aromatic rings. The molecule has 2 N–H and O–H groups in total.